The lowest BCUT2D eigenvalue weighted by Crippen LogP contribution is -2.29. The Balaban J connectivity index is 2.06. The van der Waals surface area contributed by atoms with Crippen molar-refractivity contribution in [2.24, 2.45) is 0 Å². The second-order valence-corrected chi connectivity index (χ2v) is 8.17. The van der Waals surface area contributed by atoms with Gasteiger partial charge in [0.15, 0.2) is 9.84 Å². The van der Waals surface area contributed by atoms with Gasteiger partial charge in [-0.2, -0.15) is 0 Å². The van der Waals surface area contributed by atoms with Crippen molar-refractivity contribution in [3.63, 3.8) is 0 Å². The molecule has 2 rings (SSSR count). The van der Waals surface area contributed by atoms with E-state index in [2.05, 4.69) is 5.32 Å². The number of hydrogen-bond donors (Lipinski definition) is 1. The van der Waals surface area contributed by atoms with Crippen molar-refractivity contribution < 1.29 is 13.2 Å². The summed E-state index contributed by atoms with van der Waals surface area (Å²) in [6.07, 6.45) is 2.30. The predicted octanol–water partition coefficient (Wildman–Crippen LogP) is 2.96. The highest BCUT2D eigenvalue weighted by Crippen LogP contribution is 2.19. The Morgan fingerprint density at radius 3 is 2.41 bits per heavy atom. The molecule has 0 fully saturated rings. The van der Waals surface area contributed by atoms with Gasteiger partial charge in [0.25, 0.3) is 0 Å². The third-order valence-corrected chi connectivity index (χ3v) is 5.37. The van der Waals surface area contributed by atoms with Gasteiger partial charge in [0.05, 0.1) is 17.4 Å². The van der Waals surface area contributed by atoms with Crippen LogP contribution < -0.4 is 5.32 Å². The lowest BCUT2D eigenvalue weighted by molar-refractivity contribution is -0.121. The second-order valence-electron chi connectivity index (χ2n) is 5.13. The molecule has 4 nitrogen and oxygen atoms in total. The highest BCUT2D eigenvalue weighted by atomic mass is 32.2. The number of hydrogen-bond acceptors (Lipinski definition) is 4. The molecule has 0 saturated heterocycles. The minimum atomic E-state index is -3.20. The maximum absolute atomic E-state index is 12.1. The summed E-state index contributed by atoms with van der Waals surface area (Å²) in [5.74, 6) is -0.0264. The Labute approximate surface area is 135 Å². The van der Waals surface area contributed by atoms with E-state index in [-0.39, 0.29) is 16.8 Å². The first-order chi connectivity index (χ1) is 10.4. The monoisotopic (exact) mass is 337 g/mol. The molecule has 0 bridgehead atoms. The van der Waals surface area contributed by atoms with Crippen molar-refractivity contribution >= 4 is 27.1 Å². The molecule has 0 radical (unpaired) electrons. The van der Waals surface area contributed by atoms with Gasteiger partial charge in [-0.3, -0.25) is 4.79 Å². The van der Waals surface area contributed by atoms with Gasteiger partial charge in [0.2, 0.25) is 5.91 Å². The van der Waals surface area contributed by atoms with Crippen LogP contribution in [0.1, 0.15) is 29.8 Å². The normalized spacial score (nSPS) is 12.8. The molecule has 1 aromatic carbocycles. The topological polar surface area (TPSA) is 63.2 Å². The first-order valence-corrected chi connectivity index (χ1v) is 9.79. The van der Waals surface area contributed by atoms with Gasteiger partial charge in [0.1, 0.15) is 0 Å². The van der Waals surface area contributed by atoms with E-state index in [1.807, 2.05) is 24.4 Å². The Morgan fingerprint density at radius 1 is 1.23 bits per heavy atom. The van der Waals surface area contributed by atoms with Crippen molar-refractivity contribution in [1.29, 1.82) is 0 Å². The van der Waals surface area contributed by atoms with Gasteiger partial charge in [-0.05, 0) is 35.6 Å². The van der Waals surface area contributed by atoms with Gasteiger partial charge in [-0.1, -0.05) is 25.1 Å². The van der Waals surface area contributed by atoms with E-state index in [9.17, 15) is 13.2 Å². The third-order valence-electron chi connectivity index (χ3n) is 3.37. The van der Waals surface area contributed by atoms with Crippen molar-refractivity contribution in [2.75, 3.05) is 6.26 Å². The van der Waals surface area contributed by atoms with Gasteiger partial charge in [0, 0.05) is 11.1 Å². The van der Waals surface area contributed by atoms with E-state index < -0.39 is 9.84 Å². The zero-order valence-electron chi connectivity index (χ0n) is 12.6. The van der Waals surface area contributed by atoms with Gasteiger partial charge in [-0.25, -0.2) is 8.42 Å². The Hall–Kier alpha value is -1.66. The van der Waals surface area contributed by atoms with Crippen molar-refractivity contribution in [3.05, 3.63) is 52.2 Å². The average molecular weight is 337 g/mol. The number of amides is 1. The average Bonchev–Trinajstić information content (AvgIpc) is 2.97. The highest BCUT2D eigenvalue weighted by Gasteiger charge is 2.14. The first kappa shape index (κ1) is 16.7. The molecule has 0 spiro atoms. The van der Waals surface area contributed by atoms with Gasteiger partial charge < -0.3 is 5.32 Å². The summed E-state index contributed by atoms with van der Waals surface area (Å²) in [6, 6.07) is 10.4. The first-order valence-electron chi connectivity index (χ1n) is 7.02. The van der Waals surface area contributed by atoms with Gasteiger partial charge in [-0.15, -0.1) is 11.3 Å². The van der Waals surface area contributed by atoms with Crippen LogP contribution >= 0.6 is 11.3 Å². The molecule has 0 aliphatic carbocycles. The lowest BCUT2D eigenvalue weighted by Gasteiger charge is -2.17. The number of carbonyl (C=O) groups is 1. The Bertz CT molecular complexity index is 719. The molecule has 118 valence electrons. The lowest BCUT2D eigenvalue weighted by atomic mass is 10.0. The molecular weight excluding hydrogens is 318 g/mol. The van der Waals surface area contributed by atoms with Crippen molar-refractivity contribution in [3.8, 4) is 0 Å². The standard InChI is InChI=1S/C16H19NO3S2/c1-3-15(17-16(18)11-13-5-4-10-21-13)12-6-8-14(9-7-12)22(2,19)20/h4-10,15H,3,11H2,1-2H3,(H,17,18)/t15-/m0/s1. The van der Waals surface area contributed by atoms with Crippen LogP contribution in [0.25, 0.3) is 0 Å². The summed E-state index contributed by atoms with van der Waals surface area (Å²) in [5.41, 5.74) is 0.912. The maximum atomic E-state index is 12.1. The Morgan fingerprint density at radius 2 is 1.91 bits per heavy atom. The fourth-order valence-corrected chi connectivity index (χ4v) is 3.52. The minimum Gasteiger partial charge on any atom is -0.349 e. The summed E-state index contributed by atoms with van der Waals surface area (Å²) < 4.78 is 22.9. The van der Waals surface area contributed by atoms with Crippen LogP contribution in [0.15, 0.2) is 46.7 Å². The van der Waals surface area contributed by atoms with E-state index in [1.165, 1.54) is 6.26 Å². The van der Waals surface area contributed by atoms with Crippen molar-refractivity contribution in [2.45, 2.75) is 30.7 Å². The third kappa shape index (κ3) is 4.42. The second kappa shape index (κ2) is 7.07. The fourth-order valence-electron chi connectivity index (χ4n) is 2.19. The quantitative estimate of drug-likeness (QED) is 0.881. The zero-order chi connectivity index (χ0) is 16.2. The predicted molar refractivity (Wildman–Crippen MR) is 88.7 cm³/mol. The zero-order valence-corrected chi connectivity index (χ0v) is 14.2. The van der Waals surface area contributed by atoms with Crippen LogP contribution in [0, 0.1) is 0 Å². The van der Waals surface area contributed by atoms with Crippen LogP contribution in [0.3, 0.4) is 0 Å². The van der Waals surface area contributed by atoms with E-state index >= 15 is 0 Å². The smallest absolute Gasteiger partial charge is 0.225 e. The number of nitrogens with one attached hydrogen (secondary N) is 1. The summed E-state index contributed by atoms with van der Waals surface area (Å²) >= 11 is 1.56. The van der Waals surface area contributed by atoms with E-state index in [0.717, 1.165) is 16.9 Å². The molecule has 6 heteroatoms. The molecule has 1 heterocycles. The molecule has 1 aromatic heterocycles. The van der Waals surface area contributed by atoms with E-state index in [0.29, 0.717) is 6.42 Å². The molecule has 1 atom stereocenters. The molecule has 0 aliphatic heterocycles. The van der Waals surface area contributed by atoms with Crippen molar-refractivity contribution in [1.82, 2.24) is 5.32 Å². The van der Waals surface area contributed by atoms with Crippen LogP contribution in [-0.4, -0.2) is 20.6 Å². The molecule has 0 unspecified atom stereocenters. The number of benzene rings is 1. The molecule has 0 saturated carbocycles. The molecule has 1 amide bonds. The number of sulfone groups is 1. The minimum absolute atomic E-state index is 0.0264. The van der Waals surface area contributed by atoms with Crippen LogP contribution in [-0.2, 0) is 21.1 Å². The molecule has 2 aromatic rings. The number of carbonyl (C=O) groups excluding carboxylic acids is 1. The summed E-state index contributed by atoms with van der Waals surface area (Å²) in [7, 11) is -3.20. The summed E-state index contributed by atoms with van der Waals surface area (Å²) in [6.45, 7) is 1.99. The van der Waals surface area contributed by atoms with Crippen LogP contribution in [0.5, 0.6) is 0 Å². The fraction of sp³-hybridized carbons (Fsp3) is 0.312. The van der Waals surface area contributed by atoms with E-state index in [4.69, 9.17) is 0 Å². The molecular formula is C16H19NO3S2. The van der Waals surface area contributed by atoms with E-state index in [1.54, 1.807) is 35.6 Å². The molecule has 1 N–H and O–H groups in total. The largest absolute Gasteiger partial charge is 0.349 e. The highest BCUT2D eigenvalue weighted by molar-refractivity contribution is 7.90. The SMILES string of the molecule is CC[C@H](NC(=O)Cc1cccs1)c1ccc(S(C)(=O)=O)cc1. The van der Waals surface area contributed by atoms with Crippen LogP contribution in [0.4, 0.5) is 0 Å². The summed E-state index contributed by atoms with van der Waals surface area (Å²) in [5, 5.41) is 4.95. The van der Waals surface area contributed by atoms with Crippen LogP contribution in [0.2, 0.25) is 0 Å². The number of rotatable bonds is 6. The maximum Gasteiger partial charge on any atom is 0.225 e. The number of thiophene rings is 1. The summed E-state index contributed by atoms with van der Waals surface area (Å²) in [4.78, 5) is 13.4. The molecule has 22 heavy (non-hydrogen) atoms. The molecule has 0 aliphatic rings. The van der Waals surface area contributed by atoms with Gasteiger partial charge >= 0.3 is 0 Å². The Kier molecular flexibility index (Phi) is 5.37.